The van der Waals surface area contributed by atoms with Gasteiger partial charge in [-0.05, 0) is 66.3 Å². The number of hydrogen-bond acceptors (Lipinski definition) is 4. The summed E-state index contributed by atoms with van der Waals surface area (Å²) in [6.07, 6.45) is 0. The van der Waals surface area contributed by atoms with Gasteiger partial charge in [-0.3, -0.25) is 5.41 Å². The summed E-state index contributed by atoms with van der Waals surface area (Å²) in [5, 5.41) is 18.6. The van der Waals surface area contributed by atoms with Crippen LogP contribution in [0, 0.1) is 5.41 Å². The summed E-state index contributed by atoms with van der Waals surface area (Å²) in [7, 11) is 0. The van der Waals surface area contributed by atoms with Crippen molar-refractivity contribution in [1.82, 2.24) is 0 Å². The van der Waals surface area contributed by atoms with Crippen molar-refractivity contribution in [2.24, 2.45) is 10.7 Å². The molecule has 0 aliphatic carbocycles. The Labute approximate surface area is 235 Å². The largest absolute Gasteiger partial charge is 0.383 e. The first-order valence-electron chi connectivity index (χ1n) is 12.9. The molecule has 1 aliphatic heterocycles. The van der Waals surface area contributed by atoms with Gasteiger partial charge < -0.3 is 5.73 Å². The average Bonchev–Trinajstić information content (AvgIpc) is 3.24. The zero-order valence-electron chi connectivity index (χ0n) is 21.1. The fourth-order valence-electron chi connectivity index (χ4n) is 5.53. The van der Waals surface area contributed by atoms with Crippen LogP contribution in [-0.4, -0.2) is 11.7 Å². The van der Waals surface area contributed by atoms with Gasteiger partial charge in [-0.2, -0.15) is 0 Å². The Morgan fingerprint density at radius 1 is 0.538 bits per heavy atom. The second kappa shape index (κ2) is 9.92. The van der Waals surface area contributed by atoms with Crippen LogP contribution in [0.5, 0.6) is 0 Å². The number of fused-ring (bicyclic) bond motifs is 4. The molecule has 1 heterocycles. The predicted molar refractivity (Wildman–Crippen MR) is 172 cm³/mol. The zero-order chi connectivity index (χ0) is 26.3. The van der Waals surface area contributed by atoms with Crippen LogP contribution in [0.25, 0.3) is 43.1 Å². The molecule has 0 amide bonds. The van der Waals surface area contributed by atoms with Gasteiger partial charge in [-0.25, -0.2) is 4.99 Å². The molecule has 0 atom stereocenters. The summed E-state index contributed by atoms with van der Waals surface area (Å²) >= 11 is 3.36. The van der Waals surface area contributed by atoms with E-state index in [4.69, 9.17) is 11.1 Å². The van der Waals surface area contributed by atoms with Gasteiger partial charge in [0.25, 0.3) is 0 Å². The summed E-state index contributed by atoms with van der Waals surface area (Å²) in [4.78, 5) is 6.16. The van der Waals surface area contributed by atoms with Crippen molar-refractivity contribution >= 4 is 78.3 Å². The SMILES string of the molecule is N=C1N=C(N)C(SCc2c3ccccc3cc3ccccc23)=C1SCc1c2ccccc2cc2ccccc12. The number of thioether (sulfide) groups is 2. The van der Waals surface area contributed by atoms with Crippen molar-refractivity contribution in [1.29, 1.82) is 5.41 Å². The van der Waals surface area contributed by atoms with Gasteiger partial charge in [-0.1, -0.05) is 97.1 Å². The molecule has 0 radical (unpaired) electrons. The normalized spacial score (nSPS) is 13.7. The van der Waals surface area contributed by atoms with E-state index in [1.807, 2.05) is 0 Å². The van der Waals surface area contributed by atoms with Gasteiger partial charge in [0.1, 0.15) is 5.84 Å². The fourth-order valence-corrected chi connectivity index (χ4v) is 7.93. The number of nitrogens with two attached hydrogens (primary N) is 1. The van der Waals surface area contributed by atoms with Crippen molar-refractivity contribution in [3.63, 3.8) is 0 Å². The molecule has 3 N–H and O–H groups in total. The molecule has 188 valence electrons. The molecule has 1 aliphatic rings. The van der Waals surface area contributed by atoms with Crippen molar-refractivity contribution in [2.75, 3.05) is 0 Å². The molecule has 0 unspecified atom stereocenters. The smallest absolute Gasteiger partial charge is 0.161 e. The number of rotatable bonds is 6. The van der Waals surface area contributed by atoms with Gasteiger partial charge in [0.05, 0.1) is 9.81 Å². The highest BCUT2D eigenvalue weighted by Gasteiger charge is 2.24. The molecule has 5 heteroatoms. The zero-order valence-corrected chi connectivity index (χ0v) is 22.8. The highest BCUT2D eigenvalue weighted by Crippen LogP contribution is 2.41. The van der Waals surface area contributed by atoms with Crippen LogP contribution in [-0.2, 0) is 11.5 Å². The van der Waals surface area contributed by atoms with Gasteiger partial charge in [0, 0.05) is 11.5 Å². The fraction of sp³-hybridized carbons (Fsp3) is 0.0588. The molecule has 0 fully saturated rings. The topological polar surface area (TPSA) is 62.2 Å². The van der Waals surface area contributed by atoms with Gasteiger partial charge in [-0.15, -0.1) is 23.5 Å². The van der Waals surface area contributed by atoms with Crippen molar-refractivity contribution in [3.05, 3.63) is 130 Å². The van der Waals surface area contributed by atoms with Crippen LogP contribution in [0.2, 0.25) is 0 Å². The van der Waals surface area contributed by atoms with E-state index in [2.05, 4.69) is 114 Å². The molecule has 0 spiro atoms. The Morgan fingerprint density at radius 3 is 1.31 bits per heavy atom. The summed E-state index contributed by atoms with van der Waals surface area (Å²) in [6, 6.07) is 38.7. The van der Waals surface area contributed by atoms with E-state index in [0.717, 1.165) is 21.3 Å². The standard InChI is InChI=1S/C34H25N3S2/c35-33-31(38-19-29-25-13-5-1-9-21(25)17-22-10-2-6-14-26(22)29)32(34(36)37-33)39-20-30-27-15-7-3-11-23(27)18-24-12-4-8-16-28(24)30/h1-18H,19-20H2,(H3,35,36,37). The summed E-state index contributed by atoms with van der Waals surface area (Å²) in [5.41, 5.74) is 8.99. The average molecular weight is 540 g/mol. The molecular formula is C34H25N3S2. The van der Waals surface area contributed by atoms with Crippen LogP contribution in [0.1, 0.15) is 11.1 Å². The highest BCUT2D eigenvalue weighted by molar-refractivity contribution is 8.07. The summed E-state index contributed by atoms with van der Waals surface area (Å²) < 4.78 is 0. The minimum Gasteiger partial charge on any atom is -0.383 e. The second-order valence-electron chi connectivity index (χ2n) is 9.68. The molecule has 39 heavy (non-hydrogen) atoms. The van der Waals surface area contributed by atoms with E-state index in [9.17, 15) is 0 Å². The van der Waals surface area contributed by atoms with Crippen LogP contribution < -0.4 is 5.73 Å². The minimum absolute atomic E-state index is 0.257. The van der Waals surface area contributed by atoms with E-state index >= 15 is 0 Å². The molecular weight excluding hydrogens is 515 g/mol. The first-order chi connectivity index (χ1) is 19.2. The number of benzene rings is 6. The number of hydrogen-bond donors (Lipinski definition) is 2. The molecule has 6 aromatic carbocycles. The first kappa shape index (κ1) is 24.0. The monoisotopic (exact) mass is 539 g/mol. The lowest BCUT2D eigenvalue weighted by Crippen LogP contribution is -2.10. The predicted octanol–water partition coefficient (Wildman–Crippen LogP) is 9.03. The third-order valence-electron chi connectivity index (χ3n) is 7.37. The van der Waals surface area contributed by atoms with E-state index in [1.165, 1.54) is 54.2 Å². The maximum atomic E-state index is 8.64. The number of nitrogens with zero attached hydrogens (tertiary/aromatic N) is 1. The third kappa shape index (κ3) is 4.28. The number of nitrogens with one attached hydrogen (secondary N) is 1. The Hall–Kier alpha value is -4.06. The van der Waals surface area contributed by atoms with Crippen molar-refractivity contribution < 1.29 is 0 Å². The molecule has 0 aromatic heterocycles. The lowest BCUT2D eigenvalue weighted by molar-refractivity contribution is 1.46. The quantitative estimate of drug-likeness (QED) is 0.208. The molecule has 0 saturated heterocycles. The summed E-state index contributed by atoms with van der Waals surface area (Å²) in [6.45, 7) is 0. The second-order valence-corrected chi connectivity index (χ2v) is 11.6. The van der Waals surface area contributed by atoms with Crippen LogP contribution in [0.4, 0.5) is 0 Å². The van der Waals surface area contributed by atoms with Crippen LogP contribution in [0.15, 0.2) is 124 Å². The highest BCUT2D eigenvalue weighted by atomic mass is 32.2. The van der Waals surface area contributed by atoms with Crippen molar-refractivity contribution in [2.45, 2.75) is 11.5 Å². The Kier molecular flexibility index (Phi) is 6.11. The van der Waals surface area contributed by atoms with Gasteiger partial charge in [0.2, 0.25) is 0 Å². The third-order valence-corrected chi connectivity index (χ3v) is 9.76. The Balaban J connectivity index is 1.26. The lowest BCUT2D eigenvalue weighted by Gasteiger charge is -2.14. The van der Waals surface area contributed by atoms with E-state index in [-0.39, 0.29) is 5.84 Å². The van der Waals surface area contributed by atoms with E-state index in [1.54, 1.807) is 23.5 Å². The first-order valence-corrected chi connectivity index (χ1v) is 14.9. The van der Waals surface area contributed by atoms with Crippen molar-refractivity contribution in [3.8, 4) is 0 Å². The number of amidine groups is 2. The van der Waals surface area contributed by atoms with Crippen LogP contribution in [0.3, 0.4) is 0 Å². The van der Waals surface area contributed by atoms with Gasteiger partial charge >= 0.3 is 0 Å². The minimum atomic E-state index is 0.257. The Bertz CT molecular complexity index is 1900. The maximum Gasteiger partial charge on any atom is 0.161 e. The molecule has 0 bridgehead atoms. The molecule has 7 rings (SSSR count). The van der Waals surface area contributed by atoms with Crippen LogP contribution >= 0.6 is 23.5 Å². The van der Waals surface area contributed by atoms with Gasteiger partial charge in [0.15, 0.2) is 5.84 Å². The molecule has 6 aromatic rings. The summed E-state index contributed by atoms with van der Waals surface area (Å²) in [5.74, 6) is 2.19. The maximum absolute atomic E-state index is 8.64. The Morgan fingerprint density at radius 2 is 0.897 bits per heavy atom. The molecule has 3 nitrogen and oxygen atoms in total. The van der Waals surface area contributed by atoms with E-state index < -0.39 is 0 Å². The molecule has 0 saturated carbocycles. The lowest BCUT2D eigenvalue weighted by atomic mass is 9.98. The van der Waals surface area contributed by atoms with E-state index in [0.29, 0.717) is 5.84 Å². The number of aliphatic imine (C=N–C) groups is 1.